The Labute approximate surface area is 159 Å². The minimum absolute atomic E-state index is 0.120. The van der Waals surface area contributed by atoms with E-state index in [0.29, 0.717) is 16.9 Å². The Morgan fingerprint density at radius 1 is 1.18 bits per heavy atom. The molecule has 0 saturated heterocycles. The van der Waals surface area contributed by atoms with E-state index < -0.39 is 29.6 Å². The van der Waals surface area contributed by atoms with Gasteiger partial charge in [0.25, 0.3) is 5.91 Å². The number of rotatable bonds is 6. The molecule has 28 heavy (non-hydrogen) atoms. The number of halogens is 2. The van der Waals surface area contributed by atoms with Gasteiger partial charge in [-0.3, -0.25) is 9.59 Å². The molecule has 1 N–H and O–H groups in total. The highest BCUT2D eigenvalue weighted by molar-refractivity contribution is 5.95. The Morgan fingerprint density at radius 3 is 2.71 bits per heavy atom. The standard InChI is InChI=1S/C20H17F2NO5/c1-11(20(25)23-17-8-13(21)3-6-16(17)22)28-19(24)7-12-10-27-18-9-14(26-2)4-5-15(12)18/h3-6,8-11H,7H2,1-2H3,(H,23,25). The van der Waals surface area contributed by atoms with E-state index in [0.717, 1.165) is 23.6 Å². The summed E-state index contributed by atoms with van der Waals surface area (Å²) in [6.45, 7) is 1.34. The molecule has 2 aromatic carbocycles. The summed E-state index contributed by atoms with van der Waals surface area (Å²) in [4.78, 5) is 24.2. The van der Waals surface area contributed by atoms with Crippen molar-refractivity contribution in [2.24, 2.45) is 0 Å². The molecule has 1 heterocycles. The van der Waals surface area contributed by atoms with Crippen LogP contribution in [0.5, 0.6) is 5.75 Å². The maximum absolute atomic E-state index is 13.6. The van der Waals surface area contributed by atoms with Gasteiger partial charge in [-0.05, 0) is 31.2 Å². The van der Waals surface area contributed by atoms with E-state index in [1.165, 1.54) is 20.3 Å². The van der Waals surface area contributed by atoms with E-state index in [-0.39, 0.29) is 12.1 Å². The van der Waals surface area contributed by atoms with Gasteiger partial charge in [-0.25, -0.2) is 8.78 Å². The second-order valence-electron chi connectivity index (χ2n) is 6.05. The SMILES string of the molecule is COc1ccc2c(CC(=O)OC(C)C(=O)Nc3cc(F)ccc3F)coc2c1. The van der Waals surface area contributed by atoms with Gasteiger partial charge in [0.2, 0.25) is 0 Å². The Hall–Kier alpha value is -3.42. The predicted octanol–water partition coefficient (Wildman–Crippen LogP) is 3.83. The minimum Gasteiger partial charge on any atom is -0.497 e. The molecule has 3 aromatic rings. The van der Waals surface area contributed by atoms with E-state index in [1.54, 1.807) is 18.2 Å². The zero-order valence-corrected chi connectivity index (χ0v) is 15.1. The van der Waals surface area contributed by atoms with Crippen molar-refractivity contribution in [3.63, 3.8) is 0 Å². The van der Waals surface area contributed by atoms with E-state index in [2.05, 4.69) is 5.32 Å². The second-order valence-corrected chi connectivity index (χ2v) is 6.05. The number of nitrogens with one attached hydrogen (secondary N) is 1. The van der Waals surface area contributed by atoms with E-state index in [1.807, 2.05) is 0 Å². The van der Waals surface area contributed by atoms with Crippen LogP contribution in [0.1, 0.15) is 12.5 Å². The van der Waals surface area contributed by atoms with Crippen LogP contribution in [0.4, 0.5) is 14.5 Å². The van der Waals surface area contributed by atoms with Gasteiger partial charge in [0.1, 0.15) is 23.0 Å². The molecular weight excluding hydrogens is 372 g/mol. The molecule has 0 aliphatic heterocycles. The highest BCUT2D eigenvalue weighted by atomic mass is 19.1. The first-order valence-electron chi connectivity index (χ1n) is 8.37. The van der Waals surface area contributed by atoms with Crippen LogP contribution in [-0.4, -0.2) is 25.1 Å². The first-order chi connectivity index (χ1) is 13.4. The number of methoxy groups -OCH3 is 1. The fourth-order valence-corrected chi connectivity index (χ4v) is 2.60. The fourth-order valence-electron chi connectivity index (χ4n) is 2.60. The molecule has 0 radical (unpaired) electrons. The van der Waals surface area contributed by atoms with Crippen molar-refractivity contribution in [3.05, 3.63) is 59.9 Å². The van der Waals surface area contributed by atoms with E-state index >= 15 is 0 Å². The highest BCUT2D eigenvalue weighted by Gasteiger charge is 2.21. The molecule has 3 rings (SSSR count). The number of amides is 1. The molecule has 0 bridgehead atoms. The quantitative estimate of drug-likeness (QED) is 0.649. The third-order valence-electron chi connectivity index (χ3n) is 4.06. The summed E-state index contributed by atoms with van der Waals surface area (Å²) in [5.41, 5.74) is 0.809. The second kappa shape index (κ2) is 8.08. The Kier molecular flexibility index (Phi) is 5.58. The number of benzene rings is 2. The average Bonchev–Trinajstić information content (AvgIpc) is 3.06. The van der Waals surface area contributed by atoms with E-state index in [9.17, 15) is 18.4 Å². The molecule has 0 saturated carbocycles. The third-order valence-corrected chi connectivity index (χ3v) is 4.06. The van der Waals surface area contributed by atoms with Crippen LogP contribution in [0.2, 0.25) is 0 Å². The highest BCUT2D eigenvalue weighted by Crippen LogP contribution is 2.26. The van der Waals surface area contributed by atoms with Gasteiger partial charge in [-0.1, -0.05) is 0 Å². The predicted molar refractivity (Wildman–Crippen MR) is 97.0 cm³/mol. The minimum atomic E-state index is -1.20. The van der Waals surface area contributed by atoms with Crippen molar-refractivity contribution < 1.29 is 32.3 Å². The number of hydrogen-bond donors (Lipinski definition) is 1. The summed E-state index contributed by atoms with van der Waals surface area (Å²) in [5, 5.41) is 2.91. The monoisotopic (exact) mass is 389 g/mol. The summed E-state index contributed by atoms with van der Waals surface area (Å²) in [7, 11) is 1.53. The molecular formula is C20H17F2NO5. The smallest absolute Gasteiger partial charge is 0.311 e. The molecule has 8 heteroatoms. The van der Waals surface area contributed by atoms with Crippen molar-refractivity contribution >= 4 is 28.5 Å². The van der Waals surface area contributed by atoms with E-state index in [4.69, 9.17) is 13.9 Å². The van der Waals surface area contributed by atoms with Crippen LogP contribution >= 0.6 is 0 Å². The van der Waals surface area contributed by atoms with Crippen LogP contribution < -0.4 is 10.1 Å². The molecule has 1 amide bonds. The lowest BCUT2D eigenvalue weighted by atomic mass is 10.1. The molecule has 0 fully saturated rings. The number of anilines is 1. The van der Waals surface area contributed by atoms with Crippen molar-refractivity contribution in [2.45, 2.75) is 19.4 Å². The van der Waals surface area contributed by atoms with Crippen molar-refractivity contribution in [1.82, 2.24) is 0 Å². The number of furan rings is 1. The van der Waals surface area contributed by atoms with Crippen molar-refractivity contribution in [2.75, 3.05) is 12.4 Å². The number of carbonyl (C=O) groups is 2. The van der Waals surface area contributed by atoms with Gasteiger partial charge in [-0.15, -0.1) is 0 Å². The van der Waals surface area contributed by atoms with Gasteiger partial charge >= 0.3 is 5.97 Å². The maximum atomic E-state index is 13.6. The Balaban J connectivity index is 1.62. The van der Waals surface area contributed by atoms with Crippen molar-refractivity contribution in [1.29, 1.82) is 0 Å². The molecule has 146 valence electrons. The van der Waals surface area contributed by atoms with Crippen LogP contribution in [-0.2, 0) is 20.7 Å². The molecule has 0 aliphatic carbocycles. The number of esters is 1. The molecule has 1 aromatic heterocycles. The summed E-state index contributed by atoms with van der Waals surface area (Å²) in [5.74, 6) is -2.33. The maximum Gasteiger partial charge on any atom is 0.311 e. The van der Waals surface area contributed by atoms with Crippen LogP contribution in [0, 0.1) is 11.6 Å². The number of fused-ring (bicyclic) bond motifs is 1. The van der Waals surface area contributed by atoms with Gasteiger partial charge < -0.3 is 19.2 Å². The molecule has 6 nitrogen and oxygen atoms in total. The normalized spacial score (nSPS) is 11.9. The van der Waals surface area contributed by atoms with Gasteiger partial charge in [-0.2, -0.15) is 0 Å². The number of carbonyl (C=O) groups excluding carboxylic acids is 2. The summed E-state index contributed by atoms with van der Waals surface area (Å²) in [6.07, 6.45) is 0.108. The summed E-state index contributed by atoms with van der Waals surface area (Å²) >= 11 is 0. The molecule has 1 atom stereocenters. The topological polar surface area (TPSA) is 77.8 Å². The number of hydrogen-bond acceptors (Lipinski definition) is 5. The lowest BCUT2D eigenvalue weighted by Crippen LogP contribution is -2.30. The zero-order valence-electron chi connectivity index (χ0n) is 15.1. The first kappa shape index (κ1) is 19.3. The Morgan fingerprint density at radius 2 is 1.96 bits per heavy atom. The van der Waals surface area contributed by atoms with Gasteiger partial charge in [0, 0.05) is 23.1 Å². The first-order valence-corrected chi connectivity index (χ1v) is 8.37. The zero-order chi connectivity index (χ0) is 20.3. The Bertz CT molecular complexity index is 1030. The number of ether oxygens (including phenoxy) is 2. The lowest BCUT2D eigenvalue weighted by molar-refractivity contribution is -0.152. The summed E-state index contributed by atoms with van der Waals surface area (Å²) < 4.78 is 42.4. The van der Waals surface area contributed by atoms with Crippen molar-refractivity contribution in [3.8, 4) is 5.75 Å². The molecule has 0 spiro atoms. The molecule has 1 unspecified atom stereocenters. The van der Waals surface area contributed by atoms with Crippen LogP contribution in [0.25, 0.3) is 11.0 Å². The largest absolute Gasteiger partial charge is 0.497 e. The summed E-state index contributed by atoms with van der Waals surface area (Å²) in [6, 6.07) is 7.83. The molecule has 0 aliphatic rings. The average molecular weight is 389 g/mol. The van der Waals surface area contributed by atoms with Crippen LogP contribution in [0.3, 0.4) is 0 Å². The van der Waals surface area contributed by atoms with Gasteiger partial charge in [0.05, 0.1) is 25.5 Å². The van der Waals surface area contributed by atoms with Crippen LogP contribution in [0.15, 0.2) is 47.1 Å². The third kappa shape index (κ3) is 4.28. The lowest BCUT2D eigenvalue weighted by Gasteiger charge is -2.14. The fraction of sp³-hybridized carbons (Fsp3) is 0.200. The van der Waals surface area contributed by atoms with Gasteiger partial charge in [0.15, 0.2) is 6.10 Å².